The van der Waals surface area contributed by atoms with Gasteiger partial charge in [-0.05, 0) is 35.6 Å². The molecule has 0 bridgehead atoms. The Bertz CT molecular complexity index is 340. The average Bonchev–Trinajstić information content (AvgIpc) is 2.25. The van der Waals surface area contributed by atoms with Crippen molar-refractivity contribution in [2.24, 2.45) is 0 Å². The number of nitrogens with one attached hydrogen (secondary N) is 1. The van der Waals surface area contributed by atoms with Crippen molar-refractivity contribution < 1.29 is 4.74 Å². The summed E-state index contributed by atoms with van der Waals surface area (Å²) < 4.78 is 6.31. The minimum atomic E-state index is 0.599. The van der Waals surface area contributed by atoms with Gasteiger partial charge >= 0.3 is 0 Å². The quantitative estimate of drug-likeness (QED) is 0.911. The van der Waals surface area contributed by atoms with Gasteiger partial charge in [0.1, 0.15) is 0 Å². The maximum atomic E-state index is 5.15. The van der Waals surface area contributed by atoms with Crippen molar-refractivity contribution >= 4 is 15.9 Å². The highest BCUT2D eigenvalue weighted by atomic mass is 79.9. The Labute approximate surface area is 99.1 Å². The van der Waals surface area contributed by atoms with Crippen LogP contribution in [0.2, 0.25) is 0 Å². The van der Waals surface area contributed by atoms with Crippen LogP contribution in [0, 0.1) is 0 Å². The fraction of sp³-hybridized carbons (Fsp3) is 0.500. The normalized spacial score (nSPS) is 20.0. The van der Waals surface area contributed by atoms with E-state index in [9.17, 15) is 0 Å². The van der Waals surface area contributed by atoms with E-state index in [1.807, 2.05) is 0 Å². The standard InChI is InChI=1S/C12H16BrNO/c1-15-5-4-9-7-14-8-10-6-11(13)2-3-12(9)10/h2-3,6,9,14H,4-5,7-8H2,1H3. The lowest BCUT2D eigenvalue weighted by atomic mass is 9.89. The highest BCUT2D eigenvalue weighted by Crippen LogP contribution is 2.28. The lowest BCUT2D eigenvalue weighted by molar-refractivity contribution is 0.186. The number of hydrogen-bond acceptors (Lipinski definition) is 2. The molecule has 2 rings (SSSR count). The van der Waals surface area contributed by atoms with Crippen LogP contribution >= 0.6 is 15.9 Å². The van der Waals surface area contributed by atoms with E-state index in [0.29, 0.717) is 5.92 Å². The van der Waals surface area contributed by atoms with Crippen molar-refractivity contribution in [3.63, 3.8) is 0 Å². The molecule has 1 aromatic rings. The van der Waals surface area contributed by atoms with E-state index in [1.165, 1.54) is 11.1 Å². The van der Waals surface area contributed by atoms with E-state index in [-0.39, 0.29) is 0 Å². The molecule has 0 spiro atoms. The second-order valence-electron chi connectivity index (χ2n) is 3.95. The van der Waals surface area contributed by atoms with E-state index in [2.05, 4.69) is 39.4 Å². The second kappa shape index (κ2) is 5.10. The number of halogens is 1. The fourth-order valence-electron chi connectivity index (χ4n) is 2.13. The highest BCUT2D eigenvalue weighted by molar-refractivity contribution is 9.10. The van der Waals surface area contributed by atoms with Crippen LogP contribution in [0.15, 0.2) is 22.7 Å². The van der Waals surface area contributed by atoms with Gasteiger partial charge in [0.2, 0.25) is 0 Å². The smallest absolute Gasteiger partial charge is 0.0468 e. The van der Waals surface area contributed by atoms with Crippen molar-refractivity contribution in [2.75, 3.05) is 20.3 Å². The summed E-state index contributed by atoms with van der Waals surface area (Å²) in [6, 6.07) is 6.58. The number of methoxy groups -OCH3 is 1. The molecule has 1 atom stereocenters. The van der Waals surface area contributed by atoms with Crippen molar-refractivity contribution in [1.82, 2.24) is 5.32 Å². The monoisotopic (exact) mass is 269 g/mol. The molecule has 15 heavy (non-hydrogen) atoms. The van der Waals surface area contributed by atoms with Gasteiger partial charge < -0.3 is 10.1 Å². The maximum Gasteiger partial charge on any atom is 0.0468 e. The molecule has 0 saturated heterocycles. The van der Waals surface area contributed by atoms with Crippen molar-refractivity contribution in [3.8, 4) is 0 Å². The van der Waals surface area contributed by atoms with E-state index < -0.39 is 0 Å². The zero-order valence-corrected chi connectivity index (χ0v) is 10.5. The third-order valence-electron chi connectivity index (χ3n) is 2.92. The molecule has 1 heterocycles. The Hall–Kier alpha value is -0.380. The molecule has 0 aromatic heterocycles. The van der Waals surface area contributed by atoms with Gasteiger partial charge in [0.15, 0.2) is 0 Å². The summed E-state index contributed by atoms with van der Waals surface area (Å²) >= 11 is 3.51. The first-order valence-corrected chi connectivity index (χ1v) is 6.08. The van der Waals surface area contributed by atoms with Crippen LogP contribution in [0.4, 0.5) is 0 Å². The Balaban J connectivity index is 2.18. The number of ether oxygens (including phenoxy) is 1. The highest BCUT2D eigenvalue weighted by Gasteiger charge is 2.19. The van der Waals surface area contributed by atoms with Crippen LogP contribution in [-0.2, 0) is 11.3 Å². The van der Waals surface area contributed by atoms with Crippen LogP contribution in [-0.4, -0.2) is 20.3 Å². The molecule has 0 saturated carbocycles. The molecule has 0 amide bonds. The number of rotatable bonds is 3. The number of hydrogen-bond donors (Lipinski definition) is 1. The average molecular weight is 270 g/mol. The molecule has 3 heteroatoms. The summed E-state index contributed by atoms with van der Waals surface area (Å²) in [4.78, 5) is 0. The molecule has 1 N–H and O–H groups in total. The fourth-order valence-corrected chi connectivity index (χ4v) is 2.54. The molecule has 0 aliphatic carbocycles. The molecule has 1 aromatic carbocycles. The molecule has 0 radical (unpaired) electrons. The molecular weight excluding hydrogens is 254 g/mol. The first-order valence-electron chi connectivity index (χ1n) is 5.29. The summed E-state index contributed by atoms with van der Waals surface area (Å²) in [7, 11) is 1.76. The van der Waals surface area contributed by atoms with Crippen LogP contribution in [0.1, 0.15) is 23.5 Å². The molecule has 2 nitrogen and oxygen atoms in total. The van der Waals surface area contributed by atoms with Gasteiger partial charge in [-0.3, -0.25) is 0 Å². The summed E-state index contributed by atoms with van der Waals surface area (Å²) in [5.41, 5.74) is 2.89. The Morgan fingerprint density at radius 3 is 3.20 bits per heavy atom. The van der Waals surface area contributed by atoms with Gasteiger partial charge in [-0.2, -0.15) is 0 Å². The van der Waals surface area contributed by atoms with Crippen LogP contribution in [0.5, 0.6) is 0 Å². The van der Waals surface area contributed by atoms with Gasteiger partial charge in [-0.1, -0.05) is 22.0 Å². The molecular formula is C12H16BrNO. The maximum absolute atomic E-state index is 5.15. The SMILES string of the molecule is COCCC1CNCc2cc(Br)ccc21. The largest absolute Gasteiger partial charge is 0.385 e. The predicted octanol–water partition coefficient (Wildman–Crippen LogP) is 2.67. The molecule has 0 fully saturated rings. The number of fused-ring (bicyclic) bond motifs is 1. The number of benzene rings is 1. The van der Waals surface area contributed by atoms with Crippen molar-refractivity contribution in [1.29, 1.82) is 0 Å². The second-order valence-corrected chi connectivity index (χ2v) is 4.87. The van der Waals surface area contributed by atoms with Gasteiger partial charge in [0.25, 0.3) is 0 Å². The summed E-state index contributed by atoms with van der Waals surface area (Å²) in [5.74, 6) is 0.599. The lowest BCUT2D eigenvalue weighted by Crippen LogP contribution is -2.28. The van der Waals surface area contributed by atoms with Crippen molar-refractivity contribution in [3.05, 3.63) is 33.8 Å². The topological polar surface area (TPSA) is 21.3 Å². The van der Waals surface area contributed by atoms with E-state index in [0.717, 1.165) is 30.6 Å². The first-order chi connectivity index (χ1) is 7.31. The Morgan fingerprint density at radius 2 is 2.40 bits per heavy atom. The first kappa shape index (κ1) is 11.1. The third-order valence-corrected chi connectivity index (χ3v) is 3.41. The van der Waals surface area contributed by atoms with Crippen LogP contribution < -0.4 is 5.32 Å². The van der Waals surface area contributed by atoms with Gasteiger partial charge in [-0.15, -0.1) is 0 Å². The van der Waals surface area contributed by atoms with Gasteiger partial charge in [0, 0.05) is 31.3 Å². The molecule has 1 aliphatic heterocycles. The summed E-state index contributed by atoms with van der Waals surface area (Å²) in [6.45, 7) is 2.89. The van der Waals surface area contributed by atoms with Gasteiger partial charge in [0.05, 0.1) is 0 Å². The summed E-state index contributed by atoms with van der Waals surface area (Å²) in [5, 5.41) is 3.45. The van der Waals surface area contributed by atoms with Crippen molar-refractivity contribution in [2.45, 2.75) is 18.9 Å². The molecule has 1 unspecified atom stereocenters. The Kier molecular flexibility index (Phi) is 3.78. The van der Waals surface area contributed by atoms with Gasteiger partial charge in [-0.25, -0.2) is 0 Å². The molecule has 82 valence electrons. The minimum Gasteiger partial charge on any atom is -0.385 e. The van der Waals surface area contributed by atoms with Crippen LogP contribution in [0.25, 0.3) is 0 Å². The zero-order valence-electron chi connectivity index (χ0n) is 8.92. The Morgan fingerprint density at radius 1 is 1.53 bits per heavy atom. The third kappa shape index (κ3) is 2.60. The molecule has 1 aliphatic rings. The lowest BCUT2D eigenvalue weighted by Gasteiger charge is -2.26. The van der Waals surface area contributed by atoms with E-state index in [4.69, 9.17) is 4.74 Å². The zero-order chi connectivity index (χ0) is 10.7. The predicted molar refractivity (Wildman–Crippen MR) is 65.1 cm³/mol. The van der Waals surface area contributed by atoms with E-state index in [1.54, 1.807) is 7.11 Å². The summed E-state index contributed by atoms with van der Waals surface area (Å²) in [6.07, 6.45) is 1.10. The minimum absolute atomic E-state index is 0.599. The van der Waals surface area contributed by atoms with E-state index >= 15 is 0 Å². The van der Waals surface area contributed by atoms with Crippen LogP contribution in [0.3, 0.4) is 0 Å².